The lowest BCUT2D eigenvalue weighted by Crippen LogP contribution is -2.43. The molecule has 2 aromatic carbocycles. The quantitative estimate of drug-likeness (QED) is 0.575. The number of β-amino-alcohol motifs (C(OH)–C–C–N with tert-alkyl or cyclic N) is 1. The molecule has 1 fully saturated rings. The maximum atomic E-state index is 10.8. The summed E-state index contributed by atoms with van der Waals surface area (Å²) in [6.45, 7) is 2.45. The first-order chi connectivity index (χ1) is 13.0. The minimum absolute atomic E-state index is 0.0408. The van der Waals surface area contributed by atoms with Gasteiger partial charge in [0.05, 0.1) is 23.7 Å². The standard InChI is InChI=1S/C19H21ClN2O5/c20-15-6-4-14(5-7-15)19-12-21(8-9-26-19)11-17(23)13-27-18-3-1-2-16(10-18)22(24)25/h1-7,10,17,19,23H,8-9,11-13H2/t17-,19+/m0/s1. The van der Waals surface area contributed by atoms with Crippen LogP contribution in [0.15, 0.2) is 48.5 Å². The van der Waals surface area contributed by atoms with Crippen LogP contribution < -0.4 is 4.74 Å². The summed E-state index contributed by atoms with van der Waals surface area (Å²) in [5.74, 6) is 0.365. The highest BCUT2D eigenvalue weighted by molar-refractivity contribution is 6.30. The third-order valence-corrected chi connectivity index (χ3v) is 4.58. The number of halogens is 1. The fourth-order valence-corrected chi connectivity index (χ4v) is 3.10. The van der Waals surface area contributed by atoms with Gasteiger partial charge in [-0.3, -0.25) is 15.0 Å². The Bertz CT molecular complexity index is 771. The van der Waals surface area contributed by atoms with E-state index in [0.717, 1.165) is 12.1 Å². The highest BCUT2D eigenvalue weighted by atomic mass is 35.5. The van der Waals surface area contributed by atoms with Gasteiger partial charge in [0.2, 0.25) is 0 Å². The predicted octanol–water partition coefficient (Wildman–Crippen LogP) is 3.06. The molecule has 8 heteroatoms. The monoisotopic (exact) mass is 392 g/mol. The van der Waals surface area contributed by atoms with Crippen molar-refractivity contribution in [1.82, 2.24) is 4.90 Å². The van der Waals surface area contributed by atoms with Gasteiger partial charge in [0.1, 0.15) is 18.5 Å². The van der Waals surface area contributed by atoms with E-state index in [2.05, 4.69) is 4.90 Å². The summed E-state index contributed by atoms with van der Waals surface area (Å²) in [6, 6.07) is 13.5. The van der Waals surface area contributed by atoms with Crippen LogP contribution in [0.1, 0.15) is 11.7 Å². The van der Waals surface area contributed by atoms with E-state index < -0.39 is 11.0 Å². The molecule has 3 rings (SSSR count). The molecule has 1 saturated heterocycles. The van der Waals surface area contributed by atoms with Gasteiger partial charge in [-0.25, -0.2) is 0 Å². The maximum absolute atomic E-state index is 10.8. The number of morpholine rings is 1. The van der Waals surface area contributed by atoms with Gasteiger partial charge < -0.3 is 14.6 Å². The van der Waals surface area contributed by atoms with Crippen molar-refractivity contribution in [2.24, 2.45) is 0 Å². The molecule has 1 aliphatic rings. The normalized spacial score (nSPS) is 18.8. The minimum Gasteiger partial charge on any atom is -0.491 e. The molecule has 0 amide bonds. The average molecular weight is 393 g/mol. The van der Waals surface area contributed by atoms with E-state index >= 15 is 0 Å². The number of non-ortho nitro benzene ring substituents is 1. The van der Waals surface area contributed by atoms with Gasteiger partial charge in [0.25, 0.3) is 5.69 Å². The third-order valence-electron chi connectivity index (χ3n) is 4.33. The number of aliphatic hydroxyl groups is 1. The molecular weight excluding hydrogens is 372 g/mol. The lowest BCUT2D eigenvalue weighted by atomic mass is 10.1. The van der Waals surface area contributed by atoms with Gasteiger partial charge in [0, 0.05) is 30.7 Å². The molecule has 0 unspecified atom stereocenters. The highest BCUT2D eigenvalue weighted by Crippen LogP contribution is 2.24. The number of aliphatic hydroxyl groups excluding tert-OH is 1. The summed E-state index contributed by atoms with van der Waals surface area (Å²) in [6.07, 6.45) is -0.783. The average Bonchev–Trinajstić information content (AvgIpc) is 2.67. The summed E-state index contributed by atoms with van der Waals surface area (Å²) in [7, 11) is 0. The summed E-state index contributed by atoms with van der Waals surface area (Å²) < 4.78 is 11.3. The van der Waals surface area contributed by atoms with Crippen LogP contribution in [0.2, 0.25) is 5.02 Å². The Balaban J connectivity index is 1.50. The molecule has 1 heterocycles. The Hall–Kier alpha value is -2.19. The lowest BCUT2D eigenvalue weighted by Gasteiger charge is -2.34. The van der Waals surface area contributed by atoms with Gasteiger partial charge in [-0.2, -0.15) is 0 Å². The second kappa shape index (κ2) is 9.14. The molecule has 1 aliphatic heterocycles. The molecule has 2 atom stereocenters. The molecule has 1 N–H and O–H groups in total. The van der Waals surface area contributed by atoms with E-state index in [1.54, 1.807) is 12.1 Å². The summed E-state index contributed by atoms with van der Waals surface area (Å²) >= 11 is 5.92. The van der Waals surface area contributed by atoms with E-state index in [-0.39, 0.29) is 18.4 Å². The number of nitrogens with zero attached hydrogens (tertiary/aromatic N) is 2. The van der Waals surface area contributed by atoms with Gasteiger partial charge in [-0.15, -0.1) is 0 Å². The minimum atomic E-state index is -0.715. The van der Waals surface area contributed by atoms with Gasteiger partial charge >= 0.3 is 0 Å². The summed E-state index contributed by atoms with van der Waals surface area (Å²) in [4.78, 5) is 12.4. The lowest BCUT2D eigenvalue weighted by molar-refractivity contribution is -0.384. The highest BCUT2D eigenvalue weighted by Gasteiger charge is 2.23. The number of nitro benzene ring substituents is 1. The van der Waals surface area contributed by atoms with E-state index in [1.807, 2.05) is 24.3 Å². The fraction of sp³-hybridized carbons (Fsp3) is 0.368. The van der Waals surface area contributed by atoms with Gasteiger partial charge in [-0.1, -0.05) is 29.8 Å². The van der Waals surface area contributed by atoms with Crippen molar-refractivity contribution < 1.29 is 19.5 Å². The molecule has 0 bridgehead atoms. The van der Waals surface area contributed by atoms with Crippen LogP contribution >= 0.6 is 11.6 Å². The first kappa shape index (κ1) is 19.6. The molecule has 144 valence electrons. The van der Waals surface area contributed by atoms with E-state index in [1.165, 1.54) is 12.1 Å². The Labute approximate surface area is 162 Å². The van der Waals surface area contributed by atoms with E-state index in [9.17, 15) is 15.2 Å². The van der Waals surface area contributed by atoms with Crippen LogP contribution in [0.3, 0.4) is 0 Å². The maximum Gasteiger partial charge on any atom is 0.273 e. The van der Waals surface area contributed by atoms with Crippen molar-refractivity contribution >= 4 is 17.3 Å². The zero-order chi connectivity index (χ0) is 19.2. The van der Waals surface area contributed by atoms with Crippen LogP contribution in [0.4, 0.5) is 5.69 Å². The Morgan fingerprint density at radius 3 is 2.85 bits per heavy atom. The number of hydrogen-bond donors (Lipinski definition) is 1. The molecule has 0 aliphatic carbocycles. The summed E-state index contributed by atoms with van der Waals surface area (Å²) in [5.41, 5.74) is 1.01. The molecule has 2 aromatic rings. The number of benzene rings is 2. The molecular formula is C19H21ClN2O5. The SMILES string of the molecule is O=[N+]([O-])c1cccc(OC[C@@H](O)CN2CCO[C@@H](c3ccc(Cl)cc3)C2)c1. The zero-order valence-electron chi connectivity index (χ0n) is 14.7. The second-order valence-corrected chi connectivity index (χ2v) is 6.83. The van der Waals surface area contributed by atoms with Crippen molar-refractivity contribution in [2.75, 3.05) is 32.8 Å². The second-order valence-electron chi connectivity index (χ2n) is 6.39. The first-order valence-electron chi connectivity index (χ1n) is 8.66. The van der Waals surface area contributed by atoms with E-state index in [4.69, 9.17) is 21.1 Å². The van der Waals surface area contributed by atoms with Crippen LogP contribution in [0, 0.1) is 10.1 Å². The van der Waals surface area contributed by atoms with Crippen molar-refractivity contribution in [3.05, 3.63) is 69.2 Å². The van der Waals surface area contributed by atoms with Crippen LogP contribution in [0.25, 0.3) is 0 Å². The Kier molecular flexibility index (Phi) is 6.63. The predicted molar refractivity (Wildman–Crippen MR) is 101 cm³/mol. The topological polar surface area (TPSA) is 85.1 Å². The number of nitro groups is 1. The Morgan fingerprint density at radius 1 is 1.33 bits per heavy atom. The van der Waals surface area contributed by atoms with Crippen LogP contribution in [-0.2, 0) is 4.74 Å². The van der Waals surface area contributed by atoms with Crippen LogP contribution in [-0.4, -0.2) is 53.9 Å². The van der Waals surface area contributed by atoms with Gasteiger partial charge in [-0.05, 0) is 23.8 Å². The zero-order valence-corrected chi connectivity index (χ0v) is 15.4. The van der Waals surface area contributed by atoms with Crippen molar-refractivity contribution in [1.29, 1.82) is 0 Å². The fourth-order valence-electron chi connectivity index (χ4n) is 2.98. The van der Waals surface area contributed by atoms with E-state index in [0.29, 0.717) is 30.5 Å². The largest absolute Gasteiger partial charge is 0.491 e. The van der Waals surface area contributed by atoms with Crippen molar-refractivity contribution in [3.8, 4) is 5.75 Å². The third kappa shape index (κ3) is 5.64. The van der Waals surface area contributed by atoms with Gasteiger partial charge in [0.15, 0.2) is 0 Å². The Morgan fingerprint density at radius 2 is 2.11 bits per heavy atom. The molecule has 0 aromatic heterocycles. The number of hydrogen-bond acceptors (Lipinski definition) is 6. The van der Waals surface area contributed by atoms with Crippen molar-refractivity contribution in [3.63, 3.8) is 0 Å². The first-order valence-corrected chi connectivity index (χ1v) is 9.04. The number of ether oxygens (including phenoxy) is 2. The molecule has 0 spiro atoms. The number of rotatable bonds is 7. The van der Waals surface area contributed by atoms with Crippen molar-refractivity contribution in [2.45, 2.75) is 12.2 Å². The molecule has 0 saturated carbocycles. The molecule has 7 nitrogen and oxygen atoms in total. The molecule has 27 heavy (non-hydrogen) atoms. The smallest absolute Gasteiger partial charge is 0.273 e. The summed E-state index contributed by atoms with van der Waals surface area (Å²) in [5, 5.41) is 21.8. The van der Waals surface area contributed by atoms with Crippen LogP contribution in [0.5, 0.6) is 5.75 Å². The molecule has 0 radical (unpaired) electrons.